The van der Waals surface area contributed by atoms with Gasteiger partial charge >= 0.3 is 5.69 Å². The summed E-state index contributed by atoms with van der Waals surface area (Å²) in [4.78, 5) is 17.7. The van der Waals surface area contributed by atoms with Gasteiger partial charge in [0.1, 0.15) is 0 Å². The predicted molar refractivity (Wildman–Crippen MR) is 78.6 cm³/mol. The molecule has 2 aromatic heterocycles. The molecule has 1 atom stereocenters. The van der Waals surface area contributed by atoms with E-state index in [2.05, 4.69) is 25.9 Å². The molecule has 0 radical (unpaired) electrons. The highest BCUT2D eigenvalue weighted by Crippen LogP contribution is 2.37. The van der Waals surface area contributed by atoms with Crippen molar-refractivity contribution in [3.8, 4) is 0 Å². The largest absolute Gasteiger partial charge is 0.323 e. The van der Waals surface area contributed by atoms with Crippen LogP contribution in [0.1, 0.15) is 15.8 Å². The molecule has 3 aromatic rings. The van der Waals surface area contributed by atoms with Crippen molar-refractivity contribution < 1.29 is 0 Å². The number of hydrogen-bond donors (Lipinski definition) is 2. The van der Waals surface area contributed by atoms with Gasteiger partial charge in [0.25, 0.3) is 0 Å². The zero-order chi connectivity index (χ0) is 12.7. The van der Waals surface area contributed by atoms with Gasteiger partial charge < -0.3 is 9.97 Å². The number of thiophene rings is 1. The molecule has 3 nitrogen and oxygen atoms in total. The van der Waals surface area contributed by atoms with E-state index in [0.717, 1.165) is 25.9 Å². The van der Waals surface area contributed by atoms with E-state index in [1.165, 1.54) is 0 Å². The molecule has 0 fully saturated rings. The minimum Gasteiger partial charge on any atom is -0.306 e. The number of fused-ring (bicyclic) bond motifs is 1. The Bertz CT molecular complexity index is 761. The minimum absolute atomic E-state index is 0.203. The second-order valence-corrected chi connectivity index (χ2v) is 6.12. The molecule has 18 heavy (non-hydrogen) atoms. The monoisotopic (exact) mass is 342 g/mol. The molecule has 0 bridgehead atoms. The predicted octanol–water partition coefficient (Wildman–Crippen LogP) is 4.01. The molecular weight excluding hydrogens is 336 g/mol. The second kappa shape index (κ2) is 4.57. The van der Waals surface area contributed by atoms with Crippen molar-refractivity contribution in [1.29, 1.82) is 0 Å². The molecule has 2 heterocycles. The first-order chi connectivity index (χ1) is 8.65. The van der Waals surface area contributed by atoms with E-state index in [4.69, 9.17) is 11.6 Å². The molecule has 0 saturated carbocycles. The molecule has 0 spiro atoms. The number of nitrogens with one attached hydrogen (secondary N) is 2. The highest BCUT2D eigenvalue weighted by molar-refractivity contribution is 9.10. The van der Waals surface area contributed by atoms with Crippen molar-refractivity contribution in [2.45, 2.75) is 5.38 Å². The maximum Gasteiger partial charge on any atom is 0.323 e. The van der Waals surface area contributed by atoms with Gasteiger partial charge in [-0.3, -0.25) is 0 Å². The Labute approximate surface area is 120 Å². The summed E-state index contributed by atoms with van der Waals surface area (Å²) < 4.78 is 1.01. The van der Waals surface area contributed by atoms with E-state index in [0.29, 0.717) is 0 Å². The highest BCUT2D eigenvalue weighted by atomic mass is 79.9. The molecule has 3 rings (SSSR count). The molecule has 0 aliphatic rings. The molecule has 6 heteroatoms. The number of benzene rings is 1. The van der Waals surface area contributed by atoms with Crippen molar-refractivity contribution in [1.82, 2.24) is 9.97 Å². The first-order valence-electron chi connectivity index (χ1n) is 5.24. The Kier molecular flexibility index (Phi) is 3.05. The molecule has 0 saturated heterocycles. The SMILES string of the molecule is O=c1[nH]c2ccc(C(Cl)c3sccc3Br)cc2[nH]1. The fraction of sp³-hybridized carbons (Fsp3) is 0.0833. The van der Waals surface area contributed by atoms with Gasteiger partial charge in [0.2, 0.25) is 0 Å². The highest BCUT2D eigenvalue weighted by Gasteiger charge is 2.16. The second-order valence-electron chi connectivity index (χ2n) is 3.88. The normalized spacial score (nSPS) is 13.0. The molecule has 0 amide bonds. The Morgan fingerprint density at radius 3 is 2.72 bits per heavy atom. The van der Waals surface area contributed by atoms with Crippen LogP contribution in [-0.4, -0.2) is 9.97 Å². The lowest BCUT2D eigenvalue weighted by Crippen LogP contribution is -1.99. The summed E-state index contributed by atoms with van der Waals surface area (Å²) in [6, 6.07) is 7.67. The molecule has 1 unspecified atom stereocenters. The van der Waals surface area contributed by atoms with Crippen molar-refractivity contribution in [3.05, 3.63) is 55.0 Å². The third-order valence-electron chi connectivity index (χ3n) is 2.71. The summed E-state index contributed by atoms with van der Waals surface area (Å²) in [5, 5.41) is 1.77. The third kappa shape index (κ3) is 2.02. The van der Waals surface area contributed by atoms with Gasteiger partial charge in [-0.05, 0) is 45.1 Å². The van der Waals surface area contributed by atoms with Crippen molar-refractivity contribution >= 4 is 49.9 Å². The average molecular weight is 344 g/mol. The molecule has 0 aliphatic heterocycles. The topological polar surface area (TPSA) is 48.6 Å². The first kappa shape index (κ1) is 12.0. The zero-order valence-electron chi connectivity index (χ0n) is 9.04. The number of imidazole rings is 1. The lowest BCUT2D eigenvalue weighted by molar-refractivity contribution is 1.18. The summed E-state index contributed by atoms with van der Waals surface area (Å²) in [6.45, 7) is 0. The Hall–Kier alpha value is -1.04. The third-order valence-corrected chi connectivity index (χ3v) is 5.24. The standard InChI is InChI=1S/C12H8BrClN2OS/c13-7-3-4-18-11(7)10(14)6-1-2-8-9(5-6)16-12(17)15-8/h1-5,10H,(H2,15,16,17). The van der Waals surface area contributed by atoms with Gasteiger partial charge in [-0.25, -0.2) is 4.79 Å². The fourth-order valence-corrected chi connectivity index (χ4v) is 3.99. The Morgan fingerprint density at radius 1 is 1.22 bits per heavy atom. The van der Waals surface area contributed by atoms with Crippen LogP contribution < -0.4 is 5.69 Å². The summed E-state index contributed by atoms with van der Waals surface area (Å²) in [7, 11) is 0. The molecule has 0 aliphatic carbocycles. The van der Waals surface area contributed by atoms with Gasteiger partial charge in [-0.1, -0.05) is 6.07 Å². The maximum absolute atomic E-state index is 11.2. The van der Waals surface area contributed by atoms with Gasteiger partial charge in [0.05, 0.1) is 16.4 Å². The number of halogens is 2. The molecule has 1 aromatic carbocycles. The van der Waals surface area contributed by atoms with Crippen molar-refractivity contribution in [2.24, 2.45) is 0 Å². The van der Waals surface area contributed by atoms with Crippen LogP contribution in [0.5, 0.6) is 0 Å². The summed E-state index contributed by atoms with van der Waals surface area (Å²) >= 11 is 11.5. The van der Waals surface area contributed by atoms with Gasteiger partial charge in [-0.2, -0.15) is 0 Å². The first-order valence-corrected chi connectivity index (χ1v) is 7.35. The van der Waals surface area contributed by atoms with Crippen molar-refractivity contribution in [2.75, 3.05) is 0 Å². The summed E-state index contributed by atoms with van der Waals surface area (Å²) in [6.07, 6.45) is 0. The number of alkyl halides is 1. The number of rotatable bonds is 2. The van der Waals surface area contributed by atoms with Crippen LogP contribution in [0.2, 0.25) is 0 Å². The Morgan fingerprint density at radius 2 is 2.00 bits per heavy atom. The maximum atomic E-state index is 11.2. The fourth-order valence-electron chi connectivity index (χ4n) is 1.85. The number of aromatic nitrogens is 2. The van der Waals surface area contributed by atoms with E-state index in [9.17, 15) is 4.79 Å². The number of hydrogen-bond acceptors (Lipinski definition) is 2. The van der Waals surface area contributed by atoms with E-state index in [1.54, 1.807) is 11.3 Å². The zero-order valence-corrected chi connectivity index (χ0v) is 12.2. The lowest BCUT2D eigenvalue weighted by atomic mass is 10.1. The minimum atomic E-state index is -0.220. The molecular formula is C12H8BrClN2OS. The summed E-state index contributed by atoms with van der Waals surface area (Å²) in [5.74, 6) is 0. The van der Waals surface area contributed by atoms with Gasteiger partial charge in [-0.15, -0.1) is 22.9 Å². The number of H-pyrrole nitrogens is 2. The van der Waals surface area contributed by atoms with Crippen LogP contribution in [0.25, 0.3) is 11.0 Å². The lowest BCUT2D eigenvalue weighted by Gasteiger charge is -2.08. The summed E-state index contributed by atoms with van der Waals surface area (Å²) in [5.41, 5.74) is 2.32. The van der Waals surface area contributed by atoms with Crippen molar-refractivity contribution in [3.63, 3.8) is 0 Å². The van der Waals surface area contributed by atoms with Gasteiger partial charge in [0, 0.05) is 9.35 Å². The smallest absolute Gasteiger partial charge is 0.306 e. The Balaban J connectivity index is 2.09. The van der Waals surface area contributed by atoms with E-state index in [-0.39, 0.29) is 11.1 Å². The van der Waals surface area contributed by atoms with E-state index >= 15 is 0 Å². The van der Waals surface area contributed by atoms with Crippen LogP contribution in [-0.2, 0) is 0 Å². The van der Waals surface area contributed by atoms with Crippen LogP contribution in [0.4, 0.5) is 0 Å². The van der Waals surface area contributed by atoms with Crippen LogP contribution >= 0.6 is 38.9 Å². The number of aromatic amines is 2. The average Bonchev–Trinajstić information content (AvgIpc) is 2.91. The van der Waals surface area contributed by atoms with E-state index < -0.39 is 0 Å². The van der Waals surface area contributed by atoms with Crippen LogP contribution in [0.3, 0.4) is 0 Å². The quantitative estimate of drug-likeness (QED) is 0.679. The van der Waals surface area contributed by atoms with Gasteiger partial charge in [0.15, 0.2) is 0 Å². The van der Waals surface area contributed by atoms with E-state index in [1.807, 2.05) is 29.6 Å². The molecule has 92 valence electrons. The van der Waals surface area contributed by atoms with Crippen LogP contribution in [0.15, 0.2) is 38.9 Å². The van der Waals surface area contributed by atoms with Crippen LogP contribution in [0, 0.1) is 0 Å². The molecule has 2 N–H and O–H groups in total.